The monoisotopic (exact) mass is 355 g/mol. The van der Waals surface area contributed by atoms with E-state index in [9.17, 15) is 13.6 Å². The summed E-state index contributed by atoms with van der Waals surface area (Å²) in [4.78, 5) is 17.8. The number of carbonyl (C=O) groups excluding carboxylic acids is 1. The van der Waals surface area contributed by atoms with Crippen LogP contribution in [0.2, 0.25) is 0 Å². The fourth-order valence-electron chi connectivity index (χ4n) is 3.47. The molecule has 1 saturated heterocycles. The standard InChI is InChI=1S/C20H19F2N3O/c21-17-5-4-15(11-18(17)22)24-16-2-1-9-25(12-16)20(26)14-3-6-19-13(10-14)7-8-23-19/h3-8,10-11,16,23-24H,1-2,9,12H2. The second-order valence-electron chi connectivity index (χ2n) is 6.64. The highest BCUT2D eigenvalue weighted by Gasteiger charge is 2.24. The molecule has 134 valence electrons. The number of piperidine rings is 1. The third-order valence-corrected chi connectivity index (χ3v) is 4.80. The van der Waals surface area contributed by atoms with E-state index in [4.69, 9.17) is 0 Å². The minimum absolute atomic E-state index is 0.00792. The molecule has 1 aliphatic rings. The summed E-state index contributed by atoms with van der Waals surface area (Å²) < 4.78 is 26.4. The normalized spacial score (nSPS) is 17.5. The maximum Gasteiger partial charge on any atom is 0.253 e. The highest BCUT2D eigenvalue weighted by Crippen LogP contribution is 2.21. The first-order valence-electron chi connectivity index (χ1n) is 8.68. The fraction of sp³-hybridized carbons (Fsp3) is 0.250. The molecule has 0 radical (unpaired) electrons. The summed E-state index contributed by atoms with van der Waals surface area (Å²) in [5.74, 6) is -1.75. The Morgan fingerprint density at radius 2 is 2.00 bits per heavy atom. The molecular formula is C20H19F2N3O. The zero-order valence-corrected chi connectivity index (χ0v) is 14.1. The van der Waals surface area contributed by atoms with Crippen LogP contribution < -0.4 is 5.32 Å². The number of hydrogen-bond donors (Lipinski definition) is 2. The van der Waals surface area contributed by atoms with Crippen LogP contribution in [0.3, 0.4) is 0 Å². The van der Waals surface area contributed by atoms with E-state index in [1.807, 2.05) is 35.4 Å². The van der Waals surface area contributed by atoms with E-state index >= 15 is 0 Å². The van der Waals surface area contributed by atoms with Crippen molar-refractivity contribution in [3.8, 4) is 0 Å². The Morgan fingerprint density at radius 1 is 1.12 bits per heavy atom. The SMILES string of the molecule is O=C(c1ccc2[nH]ccc2c1)N1CCCC(Nc2ccc(F)c(F)c2)C1. The van der Waals surface area contributed by atoms with Gasteiger partial charge in [-0.25, -0.2) is 8.78 Å². The number of anilines is 1. The Hall–Kier alpha value is -2.89. The number of hydrogen-bond acceptors (Lipinski definition) is 2. The number of carbonyl (C=O) groups is 1. The predicted octanol–water partition coefficient (Wildman–Crippen LogP) is 4.16. The summed E-state index contributed by atoms with van der Waals surface area (Å²) in [5.41, 5.74) is 2.18. The molecule has 1 atom stereocenters. The molecular weight excluding hydrogens is 336 g/mol. The number of aromatic amines is 1. The summed E-state index contributed by atoms with van der Waals surface area (Å²) in [6.45, 7) is 1.23. The van der Waals surface area contributed by atoms with Gasteiger partial charge in [-0.2, -0.15) is 0 Å². The lowest BCUT2D eigenvalue weighted by molar-refractivity contribution is 0.0715. The van der Waals surface area contributed by atoms with Crippen LogP contribution in [0.25, 0.3) is 10.9 Å². The molecule has 2 heterocycles. The summed E-state index contributed by atoms with van der Waals surface area (Å²) in [7, 11) is 0. The van der Waals surface area contributed by atoms with Crippen molar-refractivity contribution in [2.45, 2.75) is 18.9 Å². The lowest BCUT2D eigenvalue weighted by Crippen LogP contribution is -2.45. The van der Waals surface area contributed by atoms with Gasteiger partial charge in [0.1, 0.15) is 0 Å². The minimum atomic E-state index is -0.876. The van der Waals surface area contributed by atoms with E-state index in [1.54, 1.807) is 0 Å². The van der Waals surface area contributed by atoms with Crippen molar-refractivity contribution >= 4 is 22.5 Å². The summed E-state index contributed by atoms with van der Waals surface area (Å²) in [6.07, 6.45) is 3.58. The van der Waals surface area contributed by atoms with Crippen LogP contribution in [0.4, 0.5) is 14.5 Å². The van der Waals surface area contributed by atoms with E-state index in [0.717, 1.165) is 35.9 Å². The lowest BCUT2D eigenvalue weighted by atomic mass is 10.0. The summed E-state index contributed by atoms with van der Waals surface area (Å²) in [5, 5.41) is 4.21. The molecule has 2 aromatic carbocycles. The molecule has 4 rings (SSSR count). The van der Waals surface area contributed by atoms with Crippen LogP contribution in [0.5, 0.6) is 0 Å². The smallest absolute Gasteiger partial charge is 0.253 e. The Kier molecular flexibility index (Phi) is 4.32. The van der Waals surface area contributed by atoms with Gasteiger partial charge >= 0.3 is 0 Å². The Bertz CT molecular complexity index is 953. The first-order chi connectivity index (χ1) is 12.6. The van der Waals surface area contributed by atoms with Gasteiger partial charge in [0, 0.05) is 53.5 Å². The van der Waals surface area contributed by atoms with Crippen molar-refractivity contribution in [2.24, 2.45) is 0 Å². The molecule has 0 saturated carbocycles. The van der Waals surface area contributed by atoms with E-state index in [0.29, 0.717) is 24.3 Å². The van der Waals surface area contributed by atoms with Crippen molar-refractivity contribution in [3.05, 3.63) is 65.9 Å². The quantitative estimate of drug-likeness (QED) is 0.741. The van der Waals surface area contributed by atoms with Gasteiger partial charge in [0.2, 0.25) is 0 Å². The zero-order chi connectivity index (χ0) is 18.1. The first-order valence-corrected chi connectivity index (χ1v) is 8.68. The van der Waals surface area contributed by atoms with Gasteiger partial charge in [0.15, 0.2) is 11.6 Å². The van der Waals surface area contributed by atoms with E-state index in [-0.39, 0.29) is 11.9 Å². The molecule has 3 aromatic rings. The van der Waals surface area contributed by atoms with Crippen LogP contribution in [0.15, 0.2) is 48.7 Å². The minimum Gasteiger partial charge on any atom is -0.380 e. The van der Waals surface area contributed by atoms with E-state index in [2.05, 4.69) is 10.3 Å². The highest BCUT2D eigenvalue weighted by atomic mass is 19.2. The molecule has 0 bridgehead atoms. The number of halogens is 2. The Balaban J connectivity index is 1.46. The number of benzene rings is 2. The third-order valence-electron chi connectivity index (χ3n) is 4.80. The fourth-order valence-corrected chi connectivity index (χ4v) is 3.47. The van der Waals surface area contributed by atoms with E-state index in [1.165, 1.54) is 6.07 Å². The van der Waals surface area contributed by atoms with Crippen molar-refractivity contribution in [1.82, 2.24) is 9.88 Å². The molecule has 1 aliphatic heterocycles. The van der Waals surface area contributed by atoms with Crippen molar-refractivity contribution in [1.29, 1.82) is 0 Å². The number of nitrogens with zero attached hydrogens (tertiary/aromatic N) is 1. The van der Waals surface area contributed by atoms with Gasteiger partial charge in [-0.3, -0.25) is 4.79 Å². The number of likely N-dealkylation sites (tertiary alicyclic amines) is 1. The van der Waals surface area contributed by atoms with Crippen molar-refractivity contribution in [3.63, 3.8) is 0 Å². The van der Waals surface area contributed by atoms with Crippen LogP contribution in [0.1, 0.15) is 23.2 Å². The van der Waals surface area contributed by atoms with Crippen molar-refractivity contribution in [2.75, 3.05) is 18.4 Å². The first kappa shape index (κ1) is 16.6. The van der Waals surface area contributed by atoms with Gasteiger partial charge in [-0.15, -0.1) is 0 Å². The summed E-state index contributed by atoms with van der Waals surface area (Å²) >= 11 is 0. The van der Waals surface area contributed by atoms with Gasteiger partial charge in [0.05, 0.1) is 0 Å². The molecule has 1 aromatic heterocycles. The maximum atomic E-state index is 13.4. The number of amides is 1. The third kappa shape index (κ3) is 3.27. The van der Waals surface area contributed by atoms with Gasteiger partial charge in [0.25, 0.3) is 5.91 Å². The molecule has 2 N–H and O–H groups in total. The average Bonchev–Trinajstić information content (AvgIpc) is 3.12. The number of H-pyrrole nitrogens is 1. The van der Waals surface area contributed by atoms with Gasteiger partial charge in [-0.05, 0) is 49.2 Å². The average molecular weight is 355 g/mol. The Morgan fingerprint density at radius 3 is 2.85 bits per heavy atom. The molecule has 0 spiro atoms. The predicted molar refractivity (Wildman–Crippen MR) is 97.2 cm³/mol. The lowest BCUT2D eigenvalue weighted by Gasteiger charge is -2.33. The largest absolute Gasteiger partial charge is 0.380 e. The van der Waals surface area contributed by atoms with Crippen LogP contribution >= 0.6 is 0 Å². The molecule has 0 aliphatic carbocycles. The number of fused-ring (bicyclic) bond motifs is 1. The van der Waals surface area contributed by atoms with Crippen LogP contribution in [0, 0.1) is 11.6 Å². The van der Waals surface area contributed by atoms with E-state index < -0.39 is 11.6 Å². The Labute approximate surface area is 149 Å². The highest BCUT2D eigenvalue weighted by molar-refractivity contribution is 5.98. The molecule has 4 nitrogen and oxygen atoms in total. The molecule has 6 heteroatoms. The van der Waals surface area contributed by atoms with Gasteiger partial charge < -0.3 is 15.2 Å². The second-order valence-corrected chi connectivity index (χ2v) is 6.64. The molecule has 1 fully saturated rings. The number of rotatable bonds is 3. The number of nitrogens with one attached hydrogen (secondary N) is 2. The van der Waals surface area contributed by atoms with Crippen LogP contribution in [-0.4, -0.2) is 34.9 Å². The van der Waals surface area contributed by atoms with Gasteiger partial charge in [-0.1, -0.05) is 0 Å². The molecule has 1 amide bonds. The topological polar surface area (TPSA) is 48.1 Å². The van der Waals surface area contributed by atoms with Crippen molar-refractivity contribution < 1.29 is 13.6 Å². The summed E-state index contributed by atoms with van der Waals surface area (Å²) in [6, 6.07) is 11.3. The number of aromatic nitrogens is 1. The second kappa shape index (κ2) is 6.78. The van der Waals surface area contributed by atoms with Crippen LogP contribution in [-0.2, 0) is 0 Å². The molecule has 26 heavy (non-hydrogen) atoms. The molecule has 1 unspecified atom stereocenters. The maximum absolute atomic E-state index is 13.4. The zero-order valence-electron chi connectivity index (χ0n) is 14.1.